The molecule has 7 nitrogen and oxygen atoms in total. The second kappa shape index (κ2) is 5.02. The van der Waals surface area contributed by atoms with Gasteiger partial charge >= 0.3 is 5.97 Å². The van der Waals surface area contributed by atoms with Crippen LogP contribution in [0.1, 0.15) is 19.8 Å². The van der Waals surface area contributed by atoms with E-state index >= 15 is 0 Å². The van der Waals surface area contributed by atoms with Crippen molar-refractivity contribution in [2.75, 3.05) is 29.4 Å². The predicted molar refractivity (Wildman–Crippen MR) is 91.6 cm³/mol. The van der Waals surface area contributed by atoms with Crippen LogP contribution in [0.15, 0.2) is 5.51 Å². The summed E-state index contributed by atoms with van der Waals surface area (Å²) in [7, 11) is 0. The molecule has 2 aliphatic heterocycles. The van der Waals surface area contributed by atoms with E-state index in [1.54, 1.807) is 11.3 Å². The van der Waals surface area contributed by atoms with Crippen molar-refractivity contribution in [1.82, 2.24) is 15.0 Å². The summed E-state index contributed by atoms with van der Waals surface area (Å²) >= 11 is 1.58. The van der Waals surface area contributed by atoms with Crippen molar-refractivity contribution in [3.8, 4) is 0 Å². The van der Waals surface area contributed by atoms with Gasteiger partial charge in [-0.2, -0.15) is 9.97 Å². The lowest BCUT2D eigenvalue weighted by Crippen LogP contribution is -2.46. The molecule has 4 atom stereocenters. The second-order valence-electron chi connectivity index (χ2n) is 7.18. The minimum atomic E-state index is -0.679. The van der Waals surface area contributed by atoms with Crippen molar-refractivity contribution in [2.45, 2.75) is 25.8 Å². The Labute approximate surface area is 143 Å². The predicted octanol–water partition coefficient (Wildman–Crippen LogP) is 1.84. The van der Waals surface area contributed by atoms with Gasteiger partial charge in [-0.15, -0.1) is 11.3 Å². The summed E-state index contributed by atoms with van der Waals surface area (Å²) in [6, 6.07) is 0.487. The smallest absolute Gasteiger partial charge is 0.303 e. The van der Waals surface area contributed by atoms with Crippen LogP contribution < -0.4 is 9.80 Å². The van der Waals surface area contributed by atoms with Crippen LogP contribution in [0.4, 0.5) is 11.8 Å². The number of carbonyl (C=O) groups is 1. The molecular weight excluding hydrogens is 326 g/mol. The molecule has 4 heterocycles. The van der Waals surface area contributed by atoms with E-state index in [0.717, 1.165) is 41.7 Å². The van der Waals surface area contributed by atoms with Crippen LogP contribution in [0.3, 0.4) is 0 Å². The molecule has 126 valence electrons. The van der Waals surface area contributed by atoms with Crippen LogP contribution in [-0.2, 0) is 4.79 Å². The van der Waals surface area contributed by atoms with Crippen LogP contribution in [0.5, 0.6) is 0 Å². The molecular formula is C16H19N5O2S. The second-order valence-corrected chi connectivity index (χ2v) is 8.03. The first-order valence-electron chi connectivity index (χ1n) is 8.46. The molecule has 0 aromatic carbocycles. The molecule has 1 saturated carbocycles. The summed E-state index contributed by atoms with van der Waals surface area (Å²) < 4.78 is 1.04. The SMILES string of the molecule is C[C@H]1CCN1c1nc(N2C[C@@H]3[C@@H](CC(=O)O)[C@@H]3C2)c2scnc2n1. The van der Waals surface area contributed by atoms with E-state index < -0.39 is 5.97 Å². The number of rotatable bonds is 4. The maximum atomic E-state index is 10.9. The van der Waals surface area contributed by atoms with Gasteiger partial charge in [-0.05, 0) is 31.1 Å². The van der Waals surface area contributed by atoms with Crippen molar-refractivity contribution in [1.29, 1.82) is 0 Å². The molecule has 8 heteroatoms. The molecule has 0 unspecified atom stereocenters. The topological polar surface area (TPSA) is 82.5 Å². The first kappa shape index (κ1) is 14.4. The zero-order valence-electron chi connectivity index (χ0n) is 13.4. The molecule has 1 aliphatic carbocycles. The largest absolute Gasteiger partial charge is 0.481 e. The van der Waals surface area contributed by atoms with Crippen LogP contribution in [0.2, 0.25) is 0 Å². The zero-order valence-corrected chi connectivity index (χ0v) is 14.2. The summed E-state index contributed by atoms with van der Waals surface area (Å²) in [5.74, 6) is 2.45. The number of aromatic nitrogens is 3. The first-order valence-corrected chi connectivity index (χ1v) is 9.34. The molecule has 3 fully saturated rings. The van der Waals surface area contributed by atoms with Gasteiger partial charge < -0.3 is 14.9 Å². The number of piperidine rings is 1. The van der Waals surface area contributed by atoms with Crippen molar-refractivity contribution in [3.05, 3.63) is 5.51 Å². The summed E-state index contributed by atoms with van der Waals surface area (Å²) in [4.78, 5) is 29.3. The molecule has 24 heavy (non-hydrogen) atoms. The normalized spacial score (nSPS) is 31.2. The van der Waals surface area contributed by atoms with Crippen LogP contribution >= 0.6 is 11.3 Å². The third-order valence-electron chi connectivity index (χ3n) is 5.82. The Hall–Kier alpha value is -1.96. The molecule has 2 aromatic rings. The summed E-state index contributed by atoms with van der Waals surface area (Å²) in [6.45, 7) is 5.00. The third kappa shape index (κ3) is 2.08. The van der Waals surface area contributed by atoms with E-state index in [1.165, 1.54) is 6.42 Å². The number of carboxylic acids is 1. The highest BCUT2D eigenvalue weighted by Gasteiger charge is 2.56. The lowest BCUT2D eigenvalue weighted by molar-refractivity contribution is -0.137. The van der Waals surface area contributed by atoms with Gasteiger partial charge in [-0.3, -0.25) is 4.79 Å². The average molecular weight is 345 g/mol. The van der Waals surface area contributed by atoms with Crippen molar-refractivity contribution in [2.24, 2.45) is 17.8 Å². The fourth-order valence-corrected chi connectivity index (χ4v) is 4.96. The highest BCUT2D eigenvalue weighted by molar-refractivity contribution is 7.17. The Balaban J connectivity index is 1.43. The molecule has 2 aromatic heterocycles. The number of hydrogen-bond acceptors (Lipinski definition) is 7. The van der Waals surface area contributed by atoms with Gasteiger partial charge in [0.2, 0.25) is 5.95 Å². The number of nitrogens with zero attached hydrogens (tertiary/aromatic N) is 5. The molecule has 0 spiro atoms. The molecule has 1 N–H and O–H groups in total. The van der Waals surface area contributed by atoms with E-state index in [0.29, 0.717) is 30.2 Å². The fourth-order valence-electron chi connectivity index (χ4n) is 4.22. The summed E-state index contributed by atoms with van der Waals surface area (Å²) in [5.41, 5.74) is 2.61. The molecule has 2 saturated heterocycles. The Morgan fingerprint density at radius 3 is 2.79 bits per heavy atom. The van der Waals surface area contributed by atoms with Crippen molar-refractivity contribution >= 4 is 39.4 Å². The van der Waals surface area contributed by atoms with Gasteiger partial charge in [0.1, 0.15) is 4.70 Å². The van der Waals surface area contributed by atoms with E-state index in [4.69, 9.17) is 10.1 Å². The van der Waals surface area contributed by atoms with Crippen LogP contribution in [0, 0.1) is 17.8 Å². The Kier molecular flexibility index (Phi) is 3.01. The van der Waals surface area contributed by atoms with Crippen molar-refractivity contribution < 1.29 is 9.90 Å². The van der Waals surface area contributed by atoms with Gasteiger partial charge in [-0.25, -0.2) is 4.98 Å². The summed E-state index contributed by atoms with van der Waals surface area (Å²) in [6.07, 6.45) is 1.48. The Morgan fingerprint density at radius 1 is 1.38 bits per heavy atom. The third-order valence-corrected chi connectivity index (χ3v) is 6.63. The molecule has 5 rings (SSSR count). The maximum absolute atomic E-state index is 10.9. The van der Waals surface area contributed by atoms with Gasteiger partial charge in [0.05, 0.1) is 5.51 Å². The van der Waals surface area contributed by atoms with Crippen LogP contribution in [-0.4, -0.2) is 51.7 Å². The molecule has 0 radical (unpaired) electrons. The van der Waals surface area contributed by atoms with E-state index in [2.05, 4.69) is 26.7 Å². The molecule has 0 bridgehead atoms. The highest BCUT2D eigenvalue weighted by Crippen LogP contribution is 2.54. The monoisotopic (exact) mass is 345 g/mol. The quantitative estimate of drug-likeness (QED) is 0.905. The average Bonchev–Trinajstić information content (AvgIpc) is 2.97. The number of carboxylic acid groups (broad SMARTS) is 1. The molecule has 0 amide bonds. The fraction of sp³-hybridized carbons (Fsp3) is 0.625. The van der Waals surface area contributed by atoms with E-state index in [9.17, 15) is 4.79 Å². The standard InChI is InChI=1S/C16H19N5O2S/c1-8-2-3-21(8)16-18-14-13(24-7-17-14)15(19-16)20-5-10-9(4-12(22)23)11(10)6-20/h7-11H,2-6H2,1H3,(H,22,23)/t8-,9-,10-,11+/m0/s1. The summed E-state index contributed by atoms with van der Waals surface area (Å²) in [5, 5.41) is 8.99. The minimum Gasteiger partial charge on any atom is -0.481 e. The number of thiazole rings is 1. The van der Waals surface area contributed by atoms with E-state index in [-0.39, 0.29) is 0 Å². The molecule has 3 aliphatic rings. The van der Waals surface area contributed by atoms with Gasteiger partial charge in [0.25, 0.3) is 0 Å². The highest BCUT2D eigenvalue weighted by atomic mass is 32.1. The Morgan fingerprint density at radius 2 is 2.17 bits per heavy atom. The van der Waals surface area contributed by atoms with E-state index in [1.807, 2.05) is 5.51 Å². The van der Waals surface area contributed by atoms with Gasteiger partial charge in [-0.1, -0.05) is 0 Å². The number of hydrogen-bond donors (Lipinski definition) is 1. The number of fused-ring (bicyclic) bond motifs is 2. The van der Waals surface area contributed by atoms with Crippen molar-refractivity contribution in [3.63, 3.8) is 0 Å². The lowest BCUT2D eigenvalue weighted by Gasteiger charge is -2.39. The van der Waals surface area contributed by atoms with Crippen LogP contribution in [0.25, 0.3) is 10.3 Å². The van der Waals surface area contributed by atoms with Gasteiger partial charge in [0.15, 0.2) is 11.5 Å². The Bertz CT molecular complexity index is 812. The number of aliphatic carboxylic acids is 1. The maximum Gasteiger partial charge on any atom is 0.303 e. The van der Waals surface area contributed by atoms with Gasteiger partial charge in [0, 0.05) is 32.1 Å². The first-order chi connectivity index (χ1) is 11.6. The minimum absolute atomic E-state index is 0.305. The lowest BCUT2D eigenvalue weighted by atomic mass is 10.1. The zero-order chi connectivity index (χ0) is 16.4. The number of anilines is 2.